The number of imidazole rings is 1. The van der Waals surface area contributed by atoms with Crippen molar-refractivity contribution in [1.82, 2.24) is 14.9 Å². The number of amides is 1. The highest BCUT2D eigenvalue weighted by atomic mass is 16.6. The smallest absolute Gasteiger partial charge is 0.408 e. The topological polar surface area (TPSA) is 65.4 Å². The van der Waals surface area contributed by atoms with E-state index in [0.29, 0.717) is 13.2 Å². The van der Waals surface area contributed by atoms with Gasteiger partial charge in [-0.05, 0) is 34.6 Å². The highest BCUT2D eigenvalue weighted by molar-refractivity contribution is 5.68. The van der Waals surface area contributed by atoms with Crippen molar-refractivity contribution in [3.63, 3.8) is 0 Å². The van der Waals surface area contributed by atoms with Crippen molar-refractivity contribution < 1.29 is 14.3 Å². The van der Waals surface area contributed by atoms with Crippen molar-refractivity contribution in [2.24, 2.45) is 0 Å². The SMILES string of the molecule is COCCn1cncc1C(C)(C)NC(=O)OC(C)(C)C. The van der Waals surface area contributed by atoms with E-state index in [0.717, 1.165) is 5.69 Å². The van der Waals surface area contributed by atoms with Crippen molar-refractivity contribution in [2.75, 3.05) is 13.7 Å². The number of carbonyl (C=O) groups excluding carboxylic acids is 1. The van der Waals surface area contributed by atoms with Crippen LogP contribution in [0.3, 0.4) is 0 Å². The van der Waals surface area contributed by atoms with E-state index in [-0.39, 0.29) is 0 Å². The molecule has 0 aliphatic rings. The van der Waals surface area contributed by atoms with Gasteiger partial charge in [-0.1, -0.05) is 0 Å². The molecule has 0 aliphatic carbocycles. The first kappa shape index (κ1) is 16.5. The van der Waals surface area contributed by atoms with Gasteiger partial charge in [-0.2, -0.15) is 0 Å². The summed E-state index contributed by atoms with van der Waals surface area (Å²) in [4.78, 5) is 16.0. The van der Waals surface area contributed by atoms with Gasteiger partial charge in [-0.3, -0.25) is 0 Å². The van der Waals surface area contributed by atoms with Gasteiger partial charge in [0.2, 0.25) is 0 Å². The molecule has 20 heavy (non-hydrogen) atoms. The maximum Gasteiger partial charge on any atom is 0.408 e. The second kappa shape index (κ2) is 6.26. The number of rotatable bonds is 5. The molecule has 114 valence electrons. The summed E-state index contributed by atoms with van der Waals surface area (Å²) in [5, 5.41) is 2.87. The zero-order chi connectivity index (χ0) is 15.4. The van der Waals surface area contributed by atoms with Crippen LogP contribution in [0.2, 0.25) is 0 Å². The molecule has 0 saturated heterocycles. The lowest BCUT2D eigenvalue weighted by Crippen LogP contribution is -2.45. The molecule has 1 rings (SSSR count). The van der Waals surface area contributed by atoms with Gasteiger partial charge in [-0.25, -0.2) is 9.78 Å². The summed E-state index contributed by atoms with van der Waals surface area (Å²) in [5.41, 5.74) is -0.191. The predicted octanol–water partition coefficient (Wildman–Crippen LogP) is 2.29. The summed E-state index contributed by atoms with van der Waals surface area (Å²) in [6.45, 7) is 10.6. The number of alkyl carbamates (subject to hydrolysis) is 1. The molecular formula is C14H25N3O3. The first-order chi connectivity index (χ1) is 9.15. The minimum absolute atomic E-state index is 0.443. The van der Waals surface area contributed by atoms with Crippen LogP contribution in [-0.4, -0.2) is 35.0 Å². The second-order valence-electron chi connectivity index (χ2n) is 6.22. The zero-order valence-corrected chi connectivity index (χ0v) is 13.2. The normalized spacial score (nSPS) is 12.3. The Kier molecular flexibility index (Phi) is 5.16. The van der Waals surface area contributed by atoms with Crippen LogP contribution in [0.15, 0.2) is 12.5 Å². The van der Waals surface area contributed by atoms with Crippen LogP contribution in [0.1, 0.15) is 40.3 Å². The van der Waals surface area contributed by atoms with Gasteiger partial charge in [0.1, 0.15) is 5.60 Å². The standard InChI is InChI=1S/C14H25N3O3/c1-13(2,3)20-12(18)16-14(4,5)11-9-15-10-17(11)7-8-19-6/h9-10H,7-8H2,1-6H3,(H,16,18). The fourth-order valence-corrected chi connectivity index (χ4v) is 1.83. The van der Waals surface area contributed by atoms with Crippen molar-refractivity contribution >= 4 is 6.09 Å². The van der Waals surface area contributed by atoms with Crippen LogP contribution in [0, 0.1) is 0 Å². The summed E-state index contributed by atoms with van der Waals surface area (Å²) in [6.07, 6.45) is 3.03. The molecule has 1 aromatic rings. The van der Waals surface area contributed by atoms with E-state index in [2.05, 4.69) is 10.3 Å². The number of hydrogen-bond donors (Lipinski definition) is 1. The third-order valence-corrected chi connectivity index (χ3v) is 2.70. The van der Waals surface area contributed by atoms with Gasteiger partial charge in [0.05, 0.1) is 30.4 Å². The Morgan fingerprint density at radius 1 is 1.35 bits per heavy atom. The van der Waals surface area contributed by atoms with Gasteiger partial charge in [0.25, 0.3) is 0 Å². The largest absolute Gasteiger partial charge is 0.444 e. The van der Waals surface area contributed by atoms with Gasteiger partial charge in [0.15, 0.2) is 0 Å². The van der Waals surface area contributed by atoms with E-state index in [1.807, 2.05) is 39.2 Å². The Labute approximate surface area is 120 Å². The van der Waals surface area contributed by atoms with Crippen molar-refractivity contribution in [2.45, 2.75) is 52.3 Å². The fourth-order valence-electron chi connectivity index (χ4n) is 1.83. The third-order valence-electron chi connectivity index (χ3n) is 2.70. The lowest BCUT2D eigenvalue weighted by atomic mass is 10.0. The van der Waals surface area contributed by atoms with Gasteiger partial charge >= 0.3 is 6.09 Å². The molecule has 0 fully saturated rings. The third kappa shape index (κ3) is 4.85. The molecule has 0 atom stereocenters. The fraction of sp³-hybridized carbons (Fsp3) is 0.714. The highest BCUT2D eigenvalue weighted by Crippen LogP contribution is 2.20. The van der Waals surface area contributed by atoms with E-state index >= 15 is 0 Å². The quantitative estimate of drug-likeness (QED) is 0.900. The molecule has 1 amide bonds. The Balaban J connectivity index is 2.78. The average Bonchev–Trinajstić information content (AvgIpc) is 2.71. The van der Waals surface area contributed by atoms with E-state index in [1.165, 1.54) is 0 Å². The van der Waals surface area contributed by atoms with Crippen molar-refractivity contribution in [3.05, 3.63) is 18.2 Å². The molecule has 0 aliphatic heterocycles. The van der Waals surface area contributed by atoms with Gasteiger partial charge in [0, 0.05) is 13.7 Å². The number of methoxy groups -OCH3 is 1. The number of carbonyl (C=O) groups is 1. The molecule has 0 unspecified atom stereocenters. The lowest BCUT2D eigenvalue weighted by molar-refractivity contribution is 0.0466. The molecule has 6 heteroatoms. The summed E-state index contributed by atoms with van der Waals surface area (Å²) in [7, 11) is 1.65. The van der Waals surface area contributed by atoms with Crippen LogP contribution in [-0.2, 0) is 21.6 Å². The van der Waals surface area contributed by atoms with Gasteiger partial charge < -0.3 is 19.4 Å². The molecule has 6 nitrogen and oxygen atoms in total. The summed E-state index contributed by atoms with van der Waals surface area (Å²) in [5.74, 6) is 0. The average molecular weight is 283 g/mol. The molecule has 0 radical (unpaired) electrons. The number of aromatic nitrogens is 2. The number of nitrogens with zero attached hydrogens (tertiary/aromatic N) is 2. The van der Waals surface area contributed by atoms with Gasteiger partial charge in [-0.15, -0.1) is 0 Å². The maximum atomic E-state index is 11.9. The van der Waals surface area contributed by atoms with Crippen LogP contribution >= 0.6 is 0 Å². The molecular weight excluding hydrogens is 258 g/mol. The van der Waals surface area contributed by atoms with E-state index < -0.39 is 17.2 Å². The van der Waals surface area contributed by atoms with Crippen LogP contribution in [0.5, 0.6) is 0 Å². The molecule has 1 N–H and O–H groups in total. The first-order valence-electron chi connectivity index (χ1n) is 6.66. The monoisotopic (exact) mass is 283 g/mol. The molecule has 1 aromatic heterocycles. The molecule has 0 spiro atoms. The summed E-state index contributed by atoms with van der Waals surface area (Å²) in [6, 6.07) is 0. The Bertz CT molecular complexity index is 447. The maximum absolute atomic E-state index is 11.9. The van der Waals surface area contributed by atoms with Crippen molar-refractivity contribution in [1.29, 1.82) is 0 Å². The molecule has 0 saturated carbocycles. The van der Waals surface area contributed by atoms with Crippen molar-refractivity contribution in [3.8, 4) is 0 Å². The predicted molar refractivity (Wildman–Crippen MR) is 76.5 cm³/mol. The van der Waals surface area contributed by atoms with Crippen LogP contribution in [0.4, 0.5) is 4.79 Å². The Hall–Kier alpha value is -1.56. The zero-order valence-electron chi connectivity index (χ0n) is 13.2. The minimum atomic E-state index is -0.577. The molecule has 0 bridgehead atoms. The minimum Gasteiger partial charge on any atom is -0.444 e. The second-order valence-corrected chi connectivity index (χ2v) is 6.22. The van der Waals surface area contributed by atoms with Crippen LogP contribution in [0.25, 0.3) is 0 Å². The van der Waals surface area contributed by atoms with E-state index in [9.17, 15) is 4.79 Å². The summed E-state index contributed by atoms with van der Waals surface area (Å²) >= 11 is 0. The van der Waals surface area contributed by atoms with E-state index in [1.54, 1.807) is 19.6 Å². The number of nitrogens with one attached hydrogen (secondary N) is 1. The van der Waals surface area contributed by atoms with E-state index in [4.69, 9.17) is 9.47 Å². The molecule has 0 aromatic carbocycles. The van der Waals surface area contributed by atoms with Crippen LogP contribution < -0.4 is 5.32 Å². The Morgan fingerprint density at radius 2 is 2.00 bits per heavy atom. The first-order valence-corrected chi connectivity index (χ1v) is 6.66. The number of hydrogen-bond acceptors (Lipinski definition) is 4. The summed E-state index contributed by atoms with van der Waals surface area (Å²) < 4.78 is 12.3. The Morgan fingerprint density at radius 3 is 2.55 bits per heavy atom. The number of ether oxygens (including phenoxy) is 2. The molecule has 1 heterocycles. The lowest BCUT2D eigenvalue weighted by Gasteiger charge is -2.29. The highest BCUT2D eigenvalue weighted by Gasteiger charge is 2.28.